The summed E-state index contributed by atoms with van der Waals surface area (Å²) in [5, 5.41) is 9.03. The van der Waals surface area contributed by atoms with Crippen molar-refractivity contribution in [1.29, 1.82) is 0 Å². The minimum atomic E-state index is -4.92. The van der Waals surface area contributed by atoms with Crippen LogP contribution in [0.2, 0.25) is 0 Å². The van der Waals surface area contributed by atoms with Crippen molar-refractivity contribution in [3.05, 3.63) is 24.3 Å². The molecule has 9 heteroatoms. The first-order chi connectivity index (χ1) is 11.6. The normalized spacial score (nSPS) is 21.9. The van der Waals surface area contributed by atoms with Crippen LogP contribution in [-0.2, 0) is 9.59 Å². The second kappa shape index (κ2) is 7.15. The molecule has 1 amide bonds. The van der Waals surface area contributed by atoms with Crippen LogP contribution in [0, 0.1) is 5.41 Å². The average molecular weight is 377 g/mol. The number of ether oxygens (including phenoxy) is 1. The van der Waals surface area contributed by atoms with E-state index in [0.717, 1.165) is 9.80 Å². The van der Waals surface area contributed by atoms with Crippen molar-refractivity contribution in [2.24, 2.45) is 5.41 Å². The minimum absolute atomic E-state index is 0.274. The molecule has 138 valence electrons. The third-order valence-electron chi connectivity index (χ3n) is 4.25. The lowest BCUT2D eigenvalue weighted by Crippen LogP contribution is -2.49. The molecule has 0 aromatic heterocycles. The van der Waals surface area contributed by atoms with Crippen LogP contribution in [0.25, 0.3) is 0 Å². The molecular weight excluding hydrogens is 359 g/mol. The number of carbonyl (C=O) groups excluding carboxylic acids is 1. The predicted molar refractivity (Wildman–Crippen MR) is 85.6 cm³/mol. The van der Waals surface area contributed by atoms with E-state index in [1.54, 1.807) is 24.3 Å². The number of carbonyl (C=O) groups is 2. The van der Waals surface area contributed by atoms with Crippen LogP contribution in [0.3, 0.4) is 0 Å². The van der Waals surface area contributed by atoms with Gasteiger partial charge in [0.25, 0.3) is 5.91 Å². The van der Waals surface area contributed by atoms with E-state index in [9.17, 15) is 22.8 Å². The van der Waals surface area contributed by atoms with Gasteiger partial charge in [-0.3, -0.25) is 9.59 Å². The highest BCUT2D eigenvalue weighted by atomic mass is 32.2. The molecule has 1 aliphatic heterocycles. The summed E-state index contributed by atoms with van der Waals surface area (Å²) in [6.45, 7) is 0.257. The molecule has 1 aromatic carbocycles. The van der Waals surface area contributed by atoms with Crippen molar-refractivity contribution in [1.82, 2.24) is 4.90 Å². The van der Waals surface area contributed by atoms with E-state index < -0.39 is 42.5 Å². The Bertz CT molecular complexity index is 650. The molecule has 2 atom stereocenters. The number of rotatable bonds is 5. The van der Waals surface area contributed by atoms with Crippen LogP contribution in [0.4, 0.5) is 13.2 Å². The molecule has 2 rings (SSSR count). The lowest BCUT2D eigenvalue weighted by Gasteiger charge is -2.28. The number of halogens is 3. The van der Waals surface area contributed by atoms with Gasteiger partial charge >= 0.3 is 12.1 Å². The van der Waals surface area contributed by atoms with Crippen LogP contribution in [0.1, 0.15) is 13.3 Å². The summed E-state index contributed by atoms with van der Waals surface area (Å²) in [5.74, 6) is -2.21. The Kier molecular flexibility index (Phi) is 5.55. The summed E-state index contributed by atoms with van der Waals surface area (Å²) in [5.41, 5.74) is -2.91. The van der Waals surface area contributed by atoms with Gasteiger partial charge in [-0.1, -0.05) is 0 Å². The maximum atomic E-state index is 13.2. The fraction of sp³-hybridized carbons (Fsp3) is 0.500. The molecule has 25 heavy (non-hydrogen) atoms. The molecule has 0 saturated carbocycles. The van der Waals surface area contributed by atoms with Crippen molar-refractivity contribution >= 4 is 23.6 Å². The number of amides is 1. The maximum Gasteiger partial charge on any atom is 0.406 e. The van der Waals surface area contributed by atoms with E-state index in [1.165, 1.54) is 18.7 Å². The lowest BCUT2D eigenvalue weighted by molar-refractivity contribution is -0.227. The highest BCUT2D eigenvalue weighted by molar-refractivity contribution is 7.98. The Labute approximate surface area is 147 Å². The number of hydrogen-bond donors (Lipinski definition) is 1. The van der Waals surface area contributed by atoms with Crippen LogP contribution in [-0.4, -0.2) is 53.5 Å². The quantitative estimate of drug-likeness (QED) is 0.799. The Balaban J connectivity index is 2.06. The number of likely N-dealkylation sites (tertiary alicyclic amines) is 1. The third-order valence-corrected chi connectivity index (χ3v) is 5.00. The maximum absolute atomic E-state index is 13.2. The Morgan fingerprint density at radius 2 is 1.92 bits per heavy atom. The zero-order valence-corrected chi connectivity index (χ0v) is 14.5. The lowest BCUT2D eigenvalue weighted by atomic mass is 9.86. The average Bonchev–Trinajstić information content (AvgIpc) is 3.01. The number of benzene rings is 1. The molecule has 1 aliphatic rings. The number of carboxylic acid groups (broad SMARTS) is 1. The molecule has 0 bridgehead atoms. The molecule has 0 spiro atoms. The molecule has 1 heterocycles. The van der Waals surface area contributed by atoms with Crippen molar-refractivity contribution in [3.8, 4) is 5.75 Å². The van der Waals surface area contributed by atoms with Crippen LogP contribution < -0.4 is 4.74 Å². The van der Waals surface area contributed by atoms with Gasteiger partial charge < -0.3 is 14.7 Å². The molecule has 1 saturated heterocycles. The SMILES string of the molecule is CSc1ccc(OC(C)C(=O)N2CCC(C(=O)O)(C(F)(F)F)C2)cc1. The largest absolute Gasteiger partial charge is 0.481 e. The van der Waals surface area contributed by atoms with Gasteiger partial charge in [0.1, 0.15) is 5.75 Å². The molecule has 5 nitrogen and oxygen atoms in total. The molecule has 1 fully saturated rings. The molecule has 0 aliphatic carbocycles. The van der Waals surface area contributed by atoms with E-state index in [2.05, 4.69) is 0 Å². The monoisotopic (exact) mass is 377 g/mol. The van der Waals surface area contributed by atoms with Crippen LogP contribution >= 0.6 is 11.8 Å². The Hall–Kier alpha value is -1.90. The summed E-state index contributed by atoms with van der Waals surface area (Å²) in [6, 6.07) is 6.92. The standard InChI is InChI=1S/C16H18F3NO4S/c1-10(24-11-3-5-12(25-2)6-4-11)13(21)20-8-7-15(9-20,14(22)23)16(17,18)19/h3-6,10H,7-9H2,1-2H3,(H,22,23). The highest BCUT2D eigenvalue weighted by Crippen LogP contribution is 2.45. The Morgan fingerprint density at radius 3 is 2.36 bits per heavy atom. The summed E-state index contributed by atoms with van der Waals surface area (Å²) in [7, 11) is 0. The number of alkyl halides is 3. The fourth-order valence-corrected chi connectivity index (χ4v) is 3.10. The molecular formula is C16H18F3NO4S. The van der Waals surface area contributed by atoms with Gasteiger partial charge in [-0.05, 0) is 43.9 Å². The van der Waals surface area contributed by atoms with Crippen LogP contribution in [0.15, 0.2) is 29.2 Å². The van der Waals surface area contributed by atoms with Crippen LogP contribution in [0.5, 0.6) is 5.75 Å². The summed E-state index contributed by atoms with van der Waals surface area (Å²) < 4.78 is 45.0. The summed E-state index contributed by atoms with van der Waals surface area (Å²) >= 11 is 1.53. The van der Waals surface area contributed by atoms with Gasteiger partial charge in [-0.25, -0.2) is 0 Å². The van der Waals surface area contributed by atoms with E-state index in [-0.39, 0.29) is 6.54 Å². The summed E-state index contributed by atoms with van der Waals surface area (Å²) in [4.78, 5) is 25.4. The smallest absolute Gasteiger partial charge is 0.406 e. The molecule has 1 aromatic rings. The van der Waals surface area contributed by atoms with E-state index >= 15 is 0 Å². The molecule has 0 radical (unpaired) electrons. The predicted octanol–water partition coefficient (Wildman–Crippen LogP) is 3.04. The molecule has 1 N–H and O–H groups in total. The number of carboxylic acids is 1. The van der Waals surface area contributed by atoms with Gasteiger partial charge in [0.15, 0.2) is 11.5 Å². The minimum Gasteiger partial charge on any atom is -0.481 e. The zero-order chi connectivity index (χ0) is 18.8. The Morgan fingerprint density at radius 1 is 1.32 bits per heavy atom. The highest BCUT2D eigenvalue weighted by Gasteiger charge is 2.64. The fourth-order valence-electron chi connectivity index (χ4n) is 2.69. The first-order valence-electron chi connectivity index (χ1n) is 7.50. The zero-order valence-electron chi connectivity index (χ0n) is 13.7. The number of thioether (sulfide) groups is 1. The van der Waals surface area contributed by atoms with E-state index in [0.29, 0.717) is 5.75 Å². The van der Waals surface area contributed by atoms with Gasteiger partial charge in [0.2, 0.25) is 0 Å². The van der Waals surface area contributed by atoms with Crippen molar-refractivity contribution in [2.75, 3.05) is 19.3 Å². The second-order valence-corrected chi connectivity index (χ2v) is 6.71. The van der Waals surface area contributed by atoms with Gasteiger partial charge in [-0.2, -0.15) is 13.2 Å². The first-order valence-corrected chi connectivity index (χ1v) is 8.73. The summed E-state index contributed by atoms with van der Waals surface area (Å²) in [6.07, 6.45) is -4.69. The number of nitrogens with zero attached hydrogens (tertiary/aromatic N) is 1. The van der Waals surface area contributed by atoms with E-state index in [4.69, 9.17) is 9.84 Å². The molecule has 2 unspecified atom stereocenters. The van der Waals surface area contributed by atoms with Gasteiger partial charge in [0.05, 0.1) is 0 Å². The van der Waals surface area contributed by atoms with Crippen molar-refractivity contribution in [2.45, 2.75) is 30.5 Å². The number of hydrogen-bond acceptors (Lipinski definition) is 4. The van der Waals surface area contributed by atoms with Crippen molar-refractivity contribution < 1.29 is 32.6 Å². The van der Waals surface area contributed by atoms with Gasteiger partial charge in [-0.15, -0.1) is 11.8 Å². The third kappa shape index (κ3) is 3.86. The van der Waals surface area contributed by atoms with Gasteiger partial charge in [0, 0.05) is 18.0 Å². The van der Waals surface area contributed by atoms with Crippen molar-refractivity contribution in [3.63, 3.8) is 0 Å². The number of aliphatic carboxylic acids is 1. The first kappa shape index (κ1) is 19.4. The second-order valence-electron chi connectivity index (χ2n) is 5.83. The van der Waals surface area contributed by atoms with E-state index in [1.807, 2.05) is 6.26 Å². The topological polar surface area (TPSA) is 66.8 Å².